The number of aliphatic hydroxyl groups excluding tert-OH is 1. The van der Waals surface area contributed by atoms with Gasteiger partial charge in [-0.1, -0.05) is 24.3 Å². The van der Waals surface area contributed by atoms with E-state index in [1.165, 1.54) is 5.56 Å². The number of hydrogen-bond donors (Lipinski definition) is 2. The lowest BCUT2D eigenvalue weighted by atomic mass is 9.98. The minimum atomic E-state index is -0.387. The van der Waals surface area contributed by atoms with E-state index in [1.807, 2.05) is 12.1 Å². The number of nitrogens with zero attached hydrogens (tertiary/aromatic N) is 1. The first-order chi connectivity index (χ1) is 8.11. The third-order valence-corrected chi connectivity index (χ3v) is 3.77. The highest BCUT2D eigenvalue weighted by Crippen LogP contribution is 2.33. The van der Waals surface area contributed by atoms with Crippen LogP contribution in [0.4, 0.5) is 0 Å². The zero-order valence-electron chi connectivity index (χ0n) is 10.6. The number of nitrogens with two attached hydrogens (primary N) is 1. The summed E-state index contributed by atoms with van der Waals surface area (Å²) in [6.45, 7) is 3.65. The van der Waals surface area contributed by atoms with Gasteiger partial charge in [0.15, 0.2) is 0 Å². The summed E-state index contributed by atoms with van der Waals surface area (Å²) < 4.78 is 0. The van der Waals surface area contributed by atoms with E-state index in [-0.39, 0.29) is 6.10 Å². The van der Waals surface area contributed by atoms with E-state index in [0.717, 1.165) is 25.1 Å². The molecule has 0 saturated carbocycles. The molecule has 3 atom stereocenters. The van der Waals surface area contributed by atoms with Crippen LogP contribution in [-0.2, 0) is 0 Å². The standard InChI is InChI=1S/C14H22N2O/c1-10(17)12-3-5-13(6-4-12)14-7-11(8-15)9-16(14)2/h3-6,10-11,14,17H,7-9,15H2,1-2H3. The van der Waals surface area contributed by atoms with Crippen LogP contribution in [0.1, 0.15) is 36.6 Å². The third-order valence-electron chi connectivity index (χ3n) is 3.77. The summed E-state index contributed by atoms with van der Waals surface area (Å²) >= 11 is 0. The molecule has 0 aromatic heterocycles. The molecule has 1 aliphatic rings. The minimum Gasteiger partial charge on any atom is -0.389 e. The van der Waals surface area contributed by atoms with Crippen molar-refractivity contribution in [2.45, 2.75) is 25.5 Å². The van der Waals surface area contributed by atoms with Gasteiger partial charge < -0.3 is 10.8 Å². The van der Waals surface area contributed by atoms with Gasteiger partial charge in [-0.15, -0.1) is 0 Å². The van der Waals surface area contributed by atoms with Gasteiger partial charge >= 0.3 is 0 Å². The van der Waals surface area contributed by atoms with E-state index in [2.05, 4.69) is 24.1 Å². The Morgan fingerprint density at radius 1 is 1.41 bits per heavy atom. The highest BCUT2D eigenvalue weighted by atomic mass is 16.3. The highest BCUT2D eigenvalue weighted by Gasteiger charge is 2.29. The molecule has 3 nitrogen and oxygen atoms in total. The number of rotatable bonds is 3. The summed E-state index contributed by atoms with van der Waals surface area (Å²) in [6, 6.07) is 8.77. The summed E-state index contributed by atoms with van der Waals surface area (Å²) in [4.78, 5) is 2.37. The van der Waals surface area contributed by atoms with Crippen molar-refractivity contribution in [3.05, 3.63) is 35.4 Å². The van der Waals surface area contributed by atoms with Crippen LogP contribution in [0.3, 0.4) is 0 Å². The summed E-state index contributed by atoms with van der Waals surface area (Å²) in [5.41, 5.74) is 8.04. The quantitative estimate of drug-likeness (QED) is 0.837. The molecule has 0 amide bonds. The number of hydrogen-bond acceptors (Lipinski definition) is 3. The normalized spacial score (nSPS) is 27.3. The fourth-order valence-electron chi connectivity index (χ4n) is 2.66. The third kappa shape index (κ3) is 2.68. The van der Waals surface area contributed by atoms with Gasteiger partial charge in [0.05, 0.1) is 6.10 Å². The first kappa shape index (κ1) is 12.6. The van der Waals surface area contributed by atoms with Crippen molar-refractivity contribution in [2.75, 3.05) is 20.1 Å². The van der Waals surface area contributed by atoms with E-state index in [0.29, 0.717) is 12.0 Å². The van der Waals surface area contributed by atoms with Gasteiger partial charge in [0.25, 0.3) is 0 Å². The predicted octanol–water partition coefficient (Wildman–Crippen LogP) is 1.69. The Balaban J connectivity index is 2.12. The van der Waals surface area contributed by atoms with Crippen molar-refractivity contribution in [3.8, 4) is 0 Å². The van der Waals surface area contributed by atoms with Crippen molar-refractivity contribution in [1.82, 2.24) is 4.90 Å². The molecule has 0 spiro atoms. The first-order valence-electron chi connectivity index (χ1n) is 6.30. The SMILES string of the molecule is CC(O)c1ccc(C2CC(CN)CN2C)cc1. The number of benzene rings is 1. The van der Waals surface area contributed by atoms with Crippen LogP contribution >= 0.6 is 0 Å². The fraction of sp³-hybridized carbons (Fsp3) is 0.571. The van der Waals surface area contributed by atoms with Gasteiger partial charge in [-0.3, -0.25) is 4.90 Å². The average Bonchev–Trinajstić information content (AvgIpc) is 2.71. The van der Waals surface area contributed by atoms with E-state index in [9.17, 15) is 5.11 Å². The molecule has 1 aromatic rings. The molecule has 1 saturated heterocycles. The van der Waals surface area contributed by atoms with Crippen LogP contribution in [0.5, 0.6) is 0 Å². The maximum atomic E-state index is 9.49. The molecule has 1 heterocycles. The molecule has 3 heteroatoms. The van der Waals surface area contributed by atoms with Crippen molar-refractivity contribution in [2.24, 2.45) is 11.7 Å². The van der Waals surface area contributed by atoms with Crippen molar-refractivity contribution < 1.29 is 5.11 Å². The average molecular weight is 234 g/mol. The van der Waals surface area contributed by atoms with Crippen LogP contribution in [0.25, 0.3) is 0 Å². The van der Waals surface area contributed by atoms with Crippen LogP contribution in [0.15, 0.2) is 24.3 Å². The van der Waals surface area contributed by atoms with Crippen LogP contribution in [0, 0.1) is 5.92 Å². The van der Waals surface area contributed by atoms with Gasteiger partial charge in [0.2, 0.25) is 0 Å². The lowest BCUT2D eigenvalue weighted by Gasteiger charge is -2.20. The molecule has 2 rings (SSSR count). The molecule has 3 N–H and O–H groups in total. The van der Waals surface area contributed by atoms with Gasteiger partial charge in [-0.25, -0.2) is 0 Å². The molecule has 94 valence electrons. The summed E-state index contributed by atoms with van der Waals surface area (Å²) in [5, 5.41) is 9.49. The van der Waals surface area contributed by atoms with Crippen LogP contribution in [0.2, 0.25) is 0 Å². The molecule has 0 bridgehead atoms. The summed E-state index contributed by atoms with van der Waals surface area (Å²) in [6.07, 6.45) is 0.753. The van der Waals surface area contributed by atoms with E-state index in [4.69, 9.17) is 5.73 Å². The molecule has 17 heavy (non-hydrogen) atoms. The molecule has 0 radical (unpaired) electrons. The monoisotopic (exact) mass is 234 g/mol. The smallest absolute Gasteiger partial charge is 0.0761 e. The molecule has 0 aliphatic carbocycles. The van der Waals surface area contributed by atoms with E-state index >= 15 is 0 Å². The lowest BCUT2D eigenvalue weighted by molar-refractivity contribution is 0.199. The first-order valence-corrected chi connectivity index (χ1v) is 6.30. The summed E-state index contributed by atoms with van der Waals surface area (Å²) in [7, 11) is 2.16. The van der Waals surface area contributed by atoms with Gasteiger partial charge in [0.1, 0.15) is 0 Å². The second kappa shape index (κ2) is 5.17. The van der Waals surface area contributed by atoms with Gasteiger partial charge in [0, 0.05) is 12.6 Å². The van der Waals surface area contributed by atoms with Crippen molar-refractivity contribution in [3.63, 3.8) is 0 Å². The van der Waals surface area contributed by atoms with E-state index < -0.39 is 0 Å². The molecular weight excluding hydrogens is 212 g/mol. The Morgan fingerprint density at radius 2 is 2.06 bits per heavy atom. The van der Waals surface area contributed by atoms with Gasteiger partial charge in [-0.05, 0) is 44.0 Å². The molecule has 1 fully saturated rings. The second-order valence-electron chi connectivity index (χ2n) is 5.14. The maximum absolute atomic E-state index is 9.49. The predicted molar refractivity (Wildman–Crippen MR) is 69.6 cm³/mol. The summed E-state index contributed by atoms with van der Waals surface area (Å²) in [5.74, 6) is 0.612. The zero-order valence-corrected chi connectivity index (χ0v) is 10.6. The Labute approximate surface area is 103 Å². The Hall–Kier alpha value is -0.900. The topological polar surface area (TPSA) is 49.5 Å². The zero-order chi connectivity index (χ0) is 12.4. The Bertz CT molecular complexity index is 361. The second-order valence-corrected chi connectivity index (χ2v) is 5.14. The van der Waals surface area contributed by atoms with Crippen LogP contribution < -0.4 is 5.73 Å². The fourth-order valence-corrected chi connectivity index (χ4v) is 2.66. The van der Waals surface area contributed by atoms with Crippen molar-refractivity contribution >= 4 is 0 Å². The molecule has 3 unspecified atom stereocenters. The largest absolute Gasteiger partial charge is 0.389 e. The molecule has 1 aliphatic heterocycles. The Morgan fingerprint density at radius 3 is 2.53 bits per heavy atom. The number of aliphatic hydroxyl groups is 1. The Kier molecular flexibility index (Phi) is 3.82. The number of likely N-dealkylation sites (tertiary alicyclic amines) is 1. The van der Waals surface area contributed by atoms with Gasteiger partial charge in [-0.2, -0.15) is 0 Å². The molecular formula is C14H22N2O. The lowest BCUT2D eigenvalue weighted by Crippen LogP contribution is -2.20. The van der Waals surface area contributed by atoms with Crippen molar-refractivity contribution in [1.29, 1.82) is 0 Å². The molecule has 1 aromatic carbocycles. The maximum Gasteiger partial charge on any atom is 0.0761 e. The van der Waals surface area contributed by atoms with E-state index in [1.54, 1.807) is 6.92 Å². The minimum absolute atomic E-state index is 0.387. The van der Waals surface area contributed by atoms with Crippen LogP contribution in [-0.4, -0.2) is 30.1 Å². The highest BCUT2D eigenvalue weighted by molar-refractivity contribution is 5.27.